The number of nitrogens with two attached hydrogens (primary N) is 1. The van der Waals surface area contributed by atoms with E-state index in [1.807, 2.05) is 66.7 Å². The van der Waals surface area contributed by atoms with E-state index in [0.717, 1.165) is 18.4 Å². The standard InChI is InChI=1S/C35H62N2O6/c1-23(2)26(17-25-13-14-30(42-11)31(18-25)43-16-12-15-41-10)19-28(36)29(38)20-27(24(3)4)33(40)37-22-35(8,9)21-32(39)34(5,6)7/h13-14,18,23-24,26-29,38H,12,15-17,19-22,36H2,1-11H3,(H,37,40)/t26-,27-,28-,29-/m0/s1. The van der Waals surface area contributed by atoms with Crippen molar-refractivity contribution in [1.29, 1.82) is 0 Å². The second-order valence-electron chi connectivity index (χ2n) is 14.7. The predicted octanol–water partition coefficient (Wildman–Crippen LogP) is 5.81. The quantitative estimate of drug-likeness (QED) is 0.160. The Hall–Kier alpha value is -2.16. The first-order chi connectivity index (χ1) is 19.9. The van der Waals surface area contributed by atoms with Gasteiger partial charge in [-0.2, -0.15) is 0 Å². The monoisotopic (exact) mass is 606 g/mol. The van der Waals surface area contributed by atoms with Crippen molar-refractivity contribution in [2.45, 2.75) is 107 Å². The molecule has 0 aliphatic rings. The van der Waals surface area contributed by atoms with Gasteiger partial charge in [-0.1, -0.05) is 68.4 Å². The fourth-order valence-electron chi connectivity index (χ4n) is 5.08. The van der Waals surface area contributed by atoms with Gasteiger partial charge in [0.05, 0.1) is 19.8 Å². The molecular formula is C35H62N2O6. The molecule has 0 bridgehead atoms. The summed E-state index contributed by atoms with van der Waals surface area (Å²) in [7, 11) is 3.31. The van der Waals surface area contributed by atoms with E-state index in [4.69, 9.17) is 19.9 Å². The lowest BCUT2D eigenvalue weighted by Crippen LogP contribution is -2.44. The maximum atomic E-state index is 13.3. The lowest BCUT2D eigenvalue weighted by molar-refractivity contribution is -0.130. The number of rotatable bonds is 20. The summed E-state index contributed by atoms with van der Waals surface area (Å²) in [4.78, 5) is 25.8. The minimum Gasteiger partial charge on any atom is -0.493 e. The molecule has 1 amide bonds. The van der Waals surface area contributed by atoms with Gasteiger partial charge in [0.15, 0.2) is 11.5 Å². The molecule has 8 heteroatoms. The van der Waals surface area contributed by atoms with Crippen LogP contribution in [0.4, 0.5) is 0 Å². The van der Waals surface area contributed by atoms with E-state index in [-0.39, 0.29) is 34.9 Å². The number of Topliss-reactive ketones (excluding diaryl/α,β-unsaturated/α-hetero) is 1. The minimum atomic E-state index is -0.814. The van der Waals surface area contributed by atoms with Gasteiger partial charge in [-0.25, -0.2) is 0 Å². The van der Waals surface area contributed by atoms with Gasteiger partial charge >= 0.3 is 0 Å². The Bertz CT molecular complexity index is 985. The number of nitrogens with one attached hydrogen (secondary N) is 1. The molecule has 0 heterocycles. The van der Waals surface area contributed by atoms with Gasteiger partial charge in [0.1, 0.15) is 5.78 Å². The maximum absolute atomic E-state index is 13.3. The van der Waals surface area contributed by atoms with E-state index in [1.165, 1.54) is 0 Å². The number of methoxy groups -OCH3 is 2. The number of amides is 1. The van der Waals surface area contributed by atoms with Crippen LogP contribution in [-0.2, 0) is 20.7 Å². The van der Waals surface area contributed by atoms with E-state index < -0.39 is 17.6 Å². The molecule has 0 aliphatic carbocycles. The van der Waals surface area contributed by atoms with Crippen molar-refractivity contribution in [3.05, 3.63) is 23.8 Å². The molecule has 0 saturated carbocycles. The van der Waals surface area contributed by atoms with Gasteiger partial charge in [-0.05, 0) is 60.1 Å². The first-order valence-corrected chi connectivity index (χ1v) is 15.9. The Kier molecular flexibility index (Phi) is 16.2. The van der Waals surface area contributed by atoms with Gasteiger partial charge in [0.25, 0.3) is 0 Å². The van der Waals surface area contributed by atoms with Crippen LogP contribution < -0.4 is 20.5 Å². The molecule has 8 nitrogen and oxygen atoms in total. The average molecular weight is 607 g/mol. The van der Waals surface area contributed by atoms with Crippen LogP contribution in [-0.4, -0.2) is 62.9 Å². The first kappa shape index (κ1) is 38.9. The molecule has 43 heavy (non-hydrogen) atoms. The normalized spacial score (nSPS) is 15.2. The topological polar surface area (TPSA) is 120 Å². The number of carbonyl (C=O) groups excluding carboxylic acids is 2. The number of aliphatic hydroxyl groups excluding tert-OH is 1. The molecular weight excluding hydrogens is 544 g/mol. The summed E-state index contributed by atoms with van der Waals surface area (Å²) in [6.45, 7) is 19.6. The van der Waals surface area contributed by atoms with E-state index in [2.05, 4.69) is 19.2 Å². The Morgan fingerprint density at radius 1 is 0.953 bits per heavy atom. The Balaban J connectivity index is 2.86. The first-order valence-electron chi connectivity index (χ1n) is 15.9. The van der Waals surface area contributed by atoms with Crippen LogP contribution in [0.3, 0.4) is 0 Å². The molecule has 0 spiro atoms. The SMILES string of the molecule is COCCCOc1cc(C[C@@H](C[C@H](N)[C@@H](O)C[C@H](C(=O)NCC(C)(C)CC(=O)C(C)(C)C)C(C)C)C(C)C)ccc1OC. The molecule has 4 N–H and O–H groups in total. The molecule has 0 aliphatic heterocycles. The number of aliphatic hydroxyl groups is 1. The van der Waals surface area contributed by atoms with E-state index in [0.29, 0.717) is 56.4 Å². The summed E-state index contributed by atoms with van der Waals surface area (Å²) in [6, 6.07) is 5.54. The van der Waals surface area contributed by atoms with Gasteiger partial charge in [0, 0.05) is 50.5 Å². The lowest BCUT2D eigenvalue weighted by atomic mass is 9.78. The van der Waals surface area contributed by atoms with Crippen LogP contribution in [0.15, 0.2) is 18.2 Å². The highest BCUT2D eigenvalue weighted by molar-refractivity contribution is 5.84. The van der Waals surface area contributed by atoms with Crippen molar-refractivity contribution in [1.82, 2.24) is 5.32 Å². The molecule has 0 radical (unpaired) electrons. The Labute approximate surface area is 261 Å². The summed E-state index contributed by atoms with van der Waals surface area (Å²) in [5.41, 5.74) is 6.93. The molecule has 0 unspecified atom stereocenters. The van der Waals surface area contributed by atoms with E-state index in [1.54, 1.807) is 14.2 Å². The van der Waals surface area contributed by atoms with Crippen molar-refractivity contribution in [3.8, 4) is 11.5 Å². The number of benzene rings is 1. The molecule has 4 atom stereocenters. The molecule has 0 aromatic heterocycles. The number of ether oxygens (including phenoxy) is 3. The van der Waals surface area contributed by atoms with Crippen LogP contribution in [0.5, 0.6) is 11.5 Å². The zero-order valence-electron chi connectivity index (χ0n) is 28.9. The highest BCUT2D eigenvalue weighted by Crippen LogP contribution is 2.32. The van der Waals surface area contributed by atoms with Crippen molar-refractivity contribution < 1.29 is 28.9 Å². The Morgan fingerprint density at radius 3 is 2.14 bits per heavy atom. The third kappa shape index (κ3) is 14.0. The maximum Gasteiger partial charge on any atom is 0.223 e. The highest BCUT2D eigenvalue weighted by atomic mass is 16.5. The highest BCUT2D eigenvalue weighted by Gasteiger charge is 2.33. The largest absolute Gasteiger partial charge is 0.493 e. The second kappa shape index (κ2) is 18.0. The van der Waals surface area contributed by atoms with Crippen LogP contribution in [0.25, 0.3) is 0 Å². The molecule has 1 aromatic rings. The zero-order valence-corrected chi connectivity index (χ0v) is 28.9. The fourth-order valence-corrected chi connectivity index (χ4v) is 5.08. The smallest absolute Gasteiger partial charge is 0.223 e. The Morgan fingerprint density at radius 2 is 1.60 bits per heavy atom. The lowest BCUT2D eigenvalue weighted by Gasteiger charge is -2.31. The van der Waals surface area contributed by atoms with Gasteiger partial charge in [-0.3, -0.25) is 9.59 Å². The average Bonchev–Trinajstić information content (AvgIpc) is 2.91. The third-order valence-corrected chi connectivity index (χ3v) is 8.34. The van der Waals surface area contributed by atoms with E-state index in [9.17, 15) is 14.7 Å². The number of ketones is 1. The third-order valence-electron chi connectivity index (χ3n) is 8.34. The molecule has 1 rings (SSSR count). The van der Waals surface area contributed by atoms with Crippen molar-refractivity contribution in [3.63, 3.8) is 0 Å². The van der Waals surface area contributed by atoms with Crippen LogP contribution >= 0.6 is 0 Å². The number of carbonyl (C=O) groups is 2. The second-order valence-corrected chi connectivity index (χ2v) is 14.7. The zero-order chi connectivity index (χ0) is 33.0. The molecule has 248 valence electrons. The summed E-state index contributed by atoms with van der Waals surface area (Å²) in [5, 5.41) is 14.2. The van der Waals surface area contributed by atoms with Crippen molar-refractivity contribution in [2.24, 2.45) is 40.2 Å². The van der Waals surface area contributed by atoms with E-state index >= 15 is 0 Å². The van der Waals surface area contributed by atoms with Crippen molar-refractivity contribution >= 4 is 11.7 Å². The number of hydrogen-bond donors (Lipinski definition) is 3. The summed E-state index contributed by atoms with van der Waals surface area (Å²) in [6.07, 6.45) is 2.07. The van der Waals surface area contributed by atoms with Crippen molar-refractivity contribution in [2.75, 3.05) is 34.0 Å². The molecule has 0 fully saturated rings. The number of hydrogen-bond acceptors (Lipinski definition) is 7. The fraction of sp³-hybridized carbons (Fsp3) is 0.771. The molecule has 1 aromatic carbocycles. The minimum absolute atomic E-state index is 0.0312. The van der Waals surface area contributed by atoms with Crippen LogP contribution in [0, 0.1) is 34.5 Å². The van der Waals surface area contributed by atoms with Gasteiger partial charge < -0.3 is 30.4 Å². The summed E-state index contributed by atoms with van der Waals surface area (Å²) < 4.78 is 16.6. The van der Waals surface area contributed by atoms with Crippen LogP contribution in [0.1, 0.15) is 93.6 Å². The summed E-state index contributed by atoms with van der Waals surface area (Å²) >= 11 is 0. The van der Waals surface area contributed by atoms with Gasteiger partial charge in [0.2, 0.25) is 5.91 Å². The predicted molar refractivity (Wildman–Crippen MR) is 174 cm³/mol. The van der Waals surface area contributed by atoms with Gasteiger partial charge in [-0.15, -0.1) is 0 Å². The summed E-state index contributed by atoms with van der Waals surface area (Å²) in [5.74, 6) is 1.69. The van der Waals surface area contributed by atoms with Crippen LogP contribution in [0.2, 0.25) is 0 Å². The molecule has 0 saturated heterocycles.